The summed E-state index contributed by atoms with van der Waals surface area (Å²) < 4.78 is 60.0. The number of hydrogen-bond acceptors (Lipinski definition) is 7. The molecule has 226 valence electrons. The molecule has 0 atom stereocenters. The van der Waals surface area contributed by atoms with Gasteiger partial charge in [0.1, 0.15) is 0 Å². The molecule has 41 heavy (non-hydrogen) atoms. The average Bonchev–Trinajstić information content (AvgIpc) is 2.98. The summed E-state index contributed by atoms with van der Waals surface area (Å²) in [6.45, 7) is 7.73. The van der Waals surface area contributed by atoms with Crippen molar-refractivity contribution in [3.63, 3.8) is 0 Å². The Morgan fingerprint density at radius 2 is 1.39 bits per heavy atom. The summed E-state index contributed by atoms with van der Waals surface area (Å²) in [7, 11) is -3.67. The van der Waals surface area contributed by atoms with Crippen LogP contribution in [-0.4, -0.2) is 118 Å². The molecular formula is C27H36F3N5O5S. The molecule has 1 amide bonds. The van der Waals surface area contributed by atoms with Crippen LogP contribution in [0.2, 0.25) is 0 Å². The number of rotatable bonds is 9. The lowest BCUT2D eigenvalue weighted by molar-refractivity contribution is -0.192. The number of nitrogens with zero attached hydrogens (tertiary/aromatic N) is 4. The largest absolute Gasteiger partial charge is 0.490 e. The van der Waals surface area contributed by atoms with Crippen molar-refractivity contribution in [3.05, 3.63) is 60.7 Å². The van der Waals surface area contributed by atoms with Crippen molar-refractivity contribution in [2.75, 3.05) is 76.9 Å². The highest BCUT2D eigenvalue weighted by atomic mass is 32.2. The third-order valence-corrected chi connectivity index (χ3v) is 8.74. The van der Waals surface area contributed by atoms with Gasteiger partial charge >= 0.3 is 12.1 Å². The van der Waals surface area contributed by atoms with E-state index >= 15 is 0 Å². The summed E-state index contributed by atoms with van der Waals surface area (Å²) in [5.74, 6) is -2.74. The number of aliphatic carboxylic acids is 1. The minimum atomic E-state index is -5.08. The lowest BCUT2D eigenvalue weighted by atomic mass is 10.2. The molecule has 0 spiro atoms. The Balaban J connectivity index is 0.000000587. The number of piperazine rings is 2. The van der Waals surface area contributed by atoms with Gasteiger partial charge in [-0.15, -0.1) is 0 Å². The zero-order chi connectivity index (χ0) is 29.9. The van der Waals surface area contributed by atoms with Gasteiger partial charge in [-0.1, -0.05) is 36.4 Å². The van der Waals surface area contributed by atoms with E-state index in [-0.39, 0.29) is 23.8 Å². The van der Waals surface area contributed by atoms with Crippen LogP contribution in [-0.2, 0) is 19.6 Å². The van der Waals surface area contributed by atoms with E-state index in [1.807, 2.05) is 17.0 Å². The number of hydrogen-bond donors (Lipinski definition) is 2. The molecule has 2 aromatic rings. The van der Waals surface area contributed by atoms with Gasteiger partial charge in [0.15, 0.2) is 0 Å². The lowest BCUT2D eigenvalue weighted by Crippen LogP contribution is -2.49. The van der Waals surface area contributed by atoms with E-state index < -0.39 is 22.2 Å². The van der Waals surface area contributed by atoms with Crippen LogP contribution in [0.3, 0.4) is 0 Å². The molecule has 0 radical (unpaired) electrons. The third kappa shape index (κ3) is 9.99. The van der Waals surface area contributed by atoms with Crippen LogP contribution in [0.15, 0.2) is 65.6 Å². The SMILES string of the molecule is O=C(CCN(CCN1CCN(c2ccccc2)CC1)S(=O)(=O)c1ccccc1)N1CCNCC1.O=C(O)C(F)(F)F. The van der Waals surface area contributed by atoms with Crippen molar-refractivity contribution in [1.82, 2.24) is 19.4 Å². The number of alkyl halides is 3. The van der Waals surface area contributed by atoms with E-state index in [1.165, 1.54) is 9.99 Å². The van der Waals surface area contributed by atoms with Crippen molar-refractivity contribution in [2.45, 2.75) is 17.5 Å². The molecule has 2 aliphatic heterocycles. The smallest absolute Gasteiger partial charge is 0.475 e. The molecule has 0 aromatic heterocycles. The third-order valence-electron chi connectivity index (χ3n) is 6.83. The normalized spacial score (nSPS) is 16.7. The molecule has 0 unspecified atom stereocenters. The van der Waals surface area contributed by atoms with E-state index in [2.05, 4.69) is 39.4 Å². The Morgan fingerprint density at radius 1 is 0.854 bits per heavy atom. The van der Waals surface area contributed by atoms with E-state index in [4.69, 9.17) is 9.90 Å². The molecule has 4 rings (SSSR count). The van der Waals surface area contributed by atoms with Crippen molar-refractivity contribution in [2.24, 2.45) is 0 Å². The summed E-state index contributed by atoms with van der Waals surface area (Å²) in [5.41, 5.74) is 1.22. The Kier molecular flexibility index (Phi) is 11.9. The summed E-state index contributed by atoms with van der Waals surface area (Å²) in [6.07, 6.45) is -4.88. The number of sulfonamides is 1. The summed E-state index contributed by atoms with van der Waals surface area (Å²) in [5, 5.41) is 10.4. The highest BCUT2D eigenvalue weighted by Crippen LogP contribution is 2.18. The van der Waals surface area contributed by atoms with Crippen molar-refractivity contribution >= 4 is 27.6 Å². The fraction of sp³-hybridized carbons (Fsp3) is 0.481. The molecule has 14 heteroatoms. The number of carboxylic acid groups (broad SMARTS) is 1. The maximum Gasteiger partial charge on any atom is 0.490 e. The minimum Gasteiger partial charge on any atom is -0.475 e. The molecule has 10 nitrogen and oxygen atoms in total. The van der Waals surface area contributed by atoms with E-state index in [0.717, 1.165) is 39.3 Å². The highest BCUT2D eigenvalue weighted by molar-refractivity contribution is 7.89. The Hall–Kier alpha value is -3.20. The number of nitrogens with one attached hydrogen (secondary N) is 1. The van der Waals surface area contributed by atoms with Crippen LogP contribution in [0.4, 0.5) is 18.9 Å². The second-order valence-corrected chi connectivity index (χ2v) is 11.5. The predicted molar refractivity (Wildman–Crippen MR) is 148 cm³/mol. The fourth-order valence-electron chi connectivity index (χ4n) is 4.51. The van der Waals surface area contributed by atoms with E-state index in [0.29, 0.717) is 26.2 Å². The Morgan fingerprint density at radius 3 is 1.93 bits per heavy atom. The minimum absolute atomic E-state index is 0.0197. The van der Waals surface area contributed by atoms with E-state index in [1.54, 1.807) is 24.3 Å². The van der Waals surface area contributed by atoms with Gasteiger partial charge in [0.2, 0.25) is 15.9 Å². The van der Waals surface area contributed by atoms with Crippen LogP contribution in [0, 0.1) is 0 Å². The van der Waals surface area contributed by atoms with Crippen LogP contribution in [0.25, 0.3) is 0 Å². The van der Waals surface area contributed by atoms with Gasteiger partial charge in [0.05, 0.1) is 4.90 Å². The first-order chi connectivity index (χ1) is 19.5. The Bertz CT molecular complexity index is 1200. The molecule has 2 aromatic carbocycles. The van der Waals surface area contributed by atoms with Gasteiger partial charge < -0.3 is 20.2 Å². The molecule has 2 saturated heterocycles. The lowest BCUT2D eigenvalue weighted by Gasteiger charge is -2.37. The maximum atomic E-state index is 13.4. The molecule has 2 heterocycles. The first-order valence-electron chi connectivity index (χ1n) is 13.3. The number of halogens is 3. The van der Waals surface area contributed by atoms with Gasteiger partial charge in [0, 0.05) is 84.1 Å². The topological polar surface area (TPSA) is 114 Å². The molecular weight excluding hydrogens is 563 g/mol. The molecule has 0 saturated carbocycles. The average molecular weight is 600 g/mol. The molecule has 2 aliphatic rings. The summed E-state index contributed by atoms with van der Waals surface area (Å²) in [4.78, 5) is 28.4. The number of anilines is 1. The first kappa shape index (κ1) is 32.3. The number of carboxylic acids is 1. The maximum absolute atomic E-state index is 13.4. The monoisotopic (exact) mass is 599 g/mol. The van der Waals surface area contributed by atoms with E-state index in [9.17, 15) is 26.4 Å². The van der Waals surface area contributed by atoms with Gasteiger partial charge in [-0.25, -0.2) is 13.2 Å². The van der Waals surface area contributed by atoms with Crippen LogP contribution >= 0.6 is 0 Å². The number of carbonyl (C=O) groups is 2. The molecule has 2 N–H and O–H groups in total. The van der Waals surface area contributed by atoms with Gasteiger partial charge in [-0.2, -0.15) is 17.5 Å². The van der Waals surface area contributed by atoms with Crippen LogP contribution in [0.5, 0.6) is 0 Å². The quantitative estimate of drug-likeness (QED) is 0.450. The standard InChI is InChI=1S/C25H35N5O3S.C2HF3O2/c31-25(29-15-12-26-13-16-29)11-14-30(34(32,33)24-9-5-2-6-10-24)22-19-27-17-20-28(21-18-27)23-7-3-1-4-8-23;3-2(4,5)1(6)7/h1-10,26H,11-22H2;(H,6,7). The van der Waals surface area contributed by atoms with Crippen molar-refractivity contribution in [3.8, 4) is 0 Å². The second-order valence-electron chi connectivity index (χ2n) is 9.57. The zero-order valence-corrected chi connectivity index (χ0v) is 23.5. The van der Waals surface area contributed by atoms with Gasteiger partial charge in [0.25, 0.3) is 0 Å². The molecule has 2 fully saturated rings. The molecule has 0 bridgehead atoms. The zero-order valence-electron chi connectivity index (χ0n) is 22.7. The van der Waals surface area contributed by atoms with Crippen molar-refractivity contribution in [1.29, 1.82) is 0 Å². The number of carbonyl (C=O) groups excluding carboxylic acids is 1. The van der Waals surface area contributed by atoms with Crippen molar-refractivity contribution < 1.29 is 36.3 Å². The predicted octanol–water partition coefficient (Wildman–Crippen LogP) is 1.95. The summed E-state index contributed by atoms with van der Waals surface area (Å²) >= 11 is 0. The number of benzene rings is 2. The van der Waals surface area contributed by atoms with Gasteiger partial charge in [-0.3, -0.25) is 9.69 Å². The fourth-order valence-corrected chi connectivity index (χ4v) is 5.96. The molecule has 0 aliphatic carbocycles. The summed E-state index contributed by atoms with van der Waals surface area (Å²) in [6, 6.07) is 18.9. The number of amides is 1. The second kappa shape index (κ2) is 15.1. The number of para-hydroxylation sites is 1. The Labute approximate surface area is 238 Å². The first-order valence-corrected chi connectivity index (χ1v) is 14.8. The van der Waals surface area contributed by atoms with Gasteiger partial charge in [-0.05, 0) is 24.3 Å². The van der Waals surface area contributed by atoms with Crippen LogP contribution < -0.4 is 10.2 Å². The highest BCUT2D eigenvalue weighted by Gasteiger charge is 2.38. The van der Waals surface area contributed by atoms with Crippen LogP contribution in [0.1, 0.15) is 6.42 Å².